The van der Waals surface area contributed by atoms with E-state index >= 15 is 0 Å². The Morgan fingerprint density at radius 3 is 2.50 bits per heavy atom. The highest BCUT2D eigenvalue weighted by molar-refractivity contribution is 5.88. The molecule has 0 amide bonds. The predicted molar refractivity (Wildman–Crippen MR) is 87.8 cm³/mol. The molecule has 0 radical (unpaired) electrons. The summed E-state index contributed by atoms with van der Waals surface area (Å²) in [6.45, 7) is -3.01. The number of rotatable bonds is 6. The molecule has 134 valence electrons. The van der Waals surface area contributed by atoms with Gasteiger partial charge in [0.05, 0.1) is 5.69 Å². The standard InChI is InChI=1S/C18H15F2N3O3/c1-23-15(25-18(19)20)11-14(22-23)17(24)26-16(12-7-3-2-4-8-12)13-9-5-6-10-21-13/h2-11,16,18H,1H3. The summed E-state index contributed by atoms with van der Waals surface area (Å²) >= 11 is 0. The highest BCUT2D eigenvalue weighted by Gasteiger charge is 2.24. The Balaban J connectivity index is 1.86. The second kappa shape index (κ2) is 7.73. The van der Waals surface area contributed by atoms with Crippen molar-refractivity contribution in [3.63, 3.8) is 0 Å². The fourth-order valence-electron chi connectivity index (χ4n) is 2.38. The second-order valence-electron chi connectivity index (χ2n) is 5.32. The van der Waals surface area contributed by atoms with E-state index in [0.29, 0.717) is 5.69 Å². The number of carbonyl (C=O) groups excluding carboxylic acids is 1. The van der Waals surface area contributed by atoms with E-state index in [1.807, 2.05) is 18.2 Å². The molecule has 0 fully saturated rings. The average Bonchev–Trinajstić information content (AvgIpc) is 3.01. The summed E-state index contributed by atoms with van der Waals surface area (Å²) in [4.78, 5) is 16.7. The van der Waals surface area contributed by atoms with Crippen LogP contribution in [0.15, 0.2) is 60.8 Å². The van der Waals surface area contributed by atoms with Gasteiger partial charge in [-0.1, -0.05) is 36.4 Å². The molecule has 0 saturated heterocycles. The lowest BCUT2D eigenvalue weighted by Crippen LogP contribution is -2.14. The van der Waals surface area contributed by atoms with E-state index in [1.54, 1.807) is 36.5 Å². The van der Waals surface area contributed by atoms with Gasteiger partial charge in [0.15, 0.2) is 11.8 Å². The van der Waals surface area contributed by atoms with Crippen LogP contribution in [-0.2, 0) is 11.8 Å². The normalized spacial score (nSPS) is 12.0. The van der Waals surface area contributed by atoms with Gasteiger partial charge in [-0.2, -0.15) is 13.9 Å². The first kappa shape index (κ1) is 17.5. The molecule has 1 unspecified atom stereocenters. The molecule has 3 aromatic rings. The third kappa shape index (κ3) is 4.02. The van der Waals surface area contributed by atoms with Crippen molar-refractivity contribution in [3.05, 3.63) is 77.7 Å². The van der Waals surface area contributed by atoms with Gasteiger partial charge in [-0.3, -0.25) is 4.98 Å². The van der Waals surface area contributed by atoms with Gasteiger partial charge in [-0.25, -0.2) is 9.48 Å². The number of halogens is 2. The molecule has 8 heteroatoms. The summed E-state index contributed by atoms with van der Waals surface area (Å²) < 4.78 is 35.7. The maximum absolute atomic E-state index is 12.5. The zero-order valence-corrected chi connectivity index (χ0v) is 13.8. The molecule has 0 spiro atoms. The van der Waals surface area contributed by atoms with Crippen LogP contribution in [0.2, 0.25) is 0 Å². The van der Waals surface area contributed by atoms with E-state index < -0.39 is 18.7 Å². The zero-order chi connectivity index (χ0) is 18.5. The Hall–Kier alpha value is -3.29. The van der Waals surface area contributed by atoms with Crippen molar-refractivity contribution in [2.75, 3.05) is 0 Å². The van der Waals surface area contributed by atoms with Crippen LogP contribution in [0.4, 0.5) is 8.78 Å². The Morgan fingerprint density at radius 2 is 1.85 bits per heavy atom. The minimum atomic E-state index is -3.01. The first-order valence-corrected chi connectivity index (χ1v) is 7.70. The van der Waals surface area contributed by atoms with Gasteiger partial charge in [-0.15, -0.1) is 0 Å². The van der Waals surface area contributed by atoms with Gasteiger partial charge in [0.2, 0.25) is 5.88 Å². The fourth-order valence-corrected chi connectivity index (χ4v) is 2.38. The van der Waals surface area contributed by atoms with Crippen molar-refractivity contribution in [2.45, 2.75) is 12.7 Å². The topological polar surface area (TPSA) is 66.2 Å². The van der Waals surface area contributed by atoms with Gasteiger partial charge in [0, 0.05) is 19.3 Å². The summed E-state index contributed by atoms with van der Waals surface area (Å²) in [7, 11) is 1.39. The molecular formula is C18H15F2N3O3. The average molecular weight is 359 g/mol. The van der Waals surface area contributed by atoms with Crippen LogP contribution in [0.5, 0.6) is 5.88 Å². The van der Waals surface area contributed by atoms with Gasteiger partial charge in [0.1, 0.15) is 0 Å². The molecule has 2 heterocycles. The number of nitrogens with zero attached hydrogens (tertiary/aromatic N) is 3. The third-order valence-corrected chi connectivity index (χ3v) is 3.54. The van der Waals surface area contributed by atoms with Crippen LogP contribution in [0.1, 0.15) is 27.8 Å². The number of pyridine rings is 1. The van der Waals surface area contributed by atoms with Gasteiger partial charge < -0.3 is 9.47 Å². The van der Waals surface area contributed by atoms with Crippen LogP contribution < -0.4 is 4.74 Å². The van der Waals surface area contributed by atoms with E-state index in [9.17, 15) is 13.6 Å². The molecule has 0 aliphatic heterocycles. The van der Waals surface area contributed by atoms with Crippen LogP contribution in [0.25, 0.3) is 0 Å². The molecule has 6 nitrogen and oxygen atoms in total. The molecule has 2 aromatic heterocycles. The highest BCUT2D eigenvalue weighted by Crippen LogP contribution is 2.26. The van der Waals surface area contributed by atoms with Crippen molar-refractivity contribution in [2.24, 2.45) is 7.05 Å². The van der Waals surface area contributed by atoms with Crippen molar-refractivity contribution in [1.82, 2.24) is 14.8 Å². The van der Waals surface area contributed by atoms with Crippen molar-refractivity contribution in [3.8, 4) is 5.88 Å². The van der Waals surface area contributed by atoms with E-state index in [-0.39, 0.29) is 11.6 Å². The zero-order valence-electron chi connectivity index (χ0n) is 13.8. The minimum Gasteiger partial charge on any atom is -0.446 e. The van der Waals surface area contributed by atoms with Crippen molar-refractivity contribution < 1.29 is 23.0 Å². The lowest BCUT2D eigenvalue weighted by Gasteiger charge is -2.17. The molecule has 0 bridgehead atoms. The number of esters is 1. The van der Waals surface area contributed by atoms with E-state index in [4.69, 9.17) is 4.74 Å². The molecule has 0 aliphatic carbocycles. The molecule has 26 heavy (non-hydrogen) atoms. The van der Waals surface area contributed by atoms with Gasteiger partial charge in [-0.05, 0) is 17.7 Å². The highest BCUT2D eigenvalue weighted by atomic mass is 19.3. The van der Waals surface area contributed by atoms with Crippen LogP contribution in [-0.4, -0.2) is 27.3 Å². The monoisotopic (exact) mass is 359 g/mol. The molecule has 1 aromatic carbocycles. The summed E-state index contributed by atoms with van der Waals surface area (Å²) in [5, 5.41) is 3.87. The van der Waals surface area contributed by atoms with Crippen molar-refractivity contribution >= 4 is 5.97 Å². The summed E-state index contributed by atoms with van der Waals surface area (Å²) in [5.41, 5.74) is 1.12. The summed E-state index contributed by atoms with van der Waals surface area (Å²) in [6, 6.07) is 15.4. The van der Waals surface area contributed by atoms with E-state index in [0.717, 1.165) is 16.3 Å². The maximum Gasteiger partial charge on any atom is 0.388 e. The number of benzene rings is 1. The fraction of sp³-hybridized carbons (Fsp3) is 0.167. The number of hydrogen-bond acceptors (Lipinski definition) is 5. The molecule has 0 N–H and O–H groups in total. The molecular weight excluding hydrogens is 344 g/mol. The third-order valence-electron chi connectivity index (χ3n) is 3.54. The van der Waals surface area contributed by atoms with Gasteiger partial charge in [0.25, 0.3) is 0 Å². The SMILES string of the molecule is Cn1nc(C(=O)OC(c2ccccc2)c2ccccn2)cc1OC(F)F. The van der Waals surface area contributed by atoms with Gasteiger partial charge >= 0.3 is 12.6 Å². The van der Waals surface area contributed by atoms with Crippen LogP contribution in [0.3, 0.4) is 0 Å². The Bertz CT molecular complexity index is 830. The number of alkyl halides is 2. The minimum absolute atomic E-state index is 0.139. The quantitative estimate of drug-likeness (QED) is 0.632. The molecule has 0 aliphatic rings. The first-order chi connectivity index (χ1) is 12.5. The number of aromatic nitrogens is 3. The lowest BCUT2D eigenvalue weighted by atomic mass is 10.1. The van der Waals surface area contributed by atoms with Crippen LogP contribution in [0, 0.1) is 0 Å². The largest absolute Gasteiger partial charge is 0.446 e. The first-order valence-electron chi connectivity index (χ1n) is 7.70. The lowest BCUT2D eigenvalue weighted by molar-refractivity contribution is -0.0553. The van der Waals surface area contributed by atoms with E-state index in [2.05, 4.69) is 14.8 Å². The Labute approximate surface area is 148 Å². The number of hydrogen-bond donors (Lipinski definition) is 0. The molecule has 1 atom stereocenters. The smallest absolute Gasteiger partial charge is 0.388 e. The second-order valence-corrected chi connectivity index (χ2v) is 5.32. The van der Waals surface area contributed by atoms with Crippen LogP contribution >= 0.6 is 0 Å². The number of carbonyl (C=O) groups is 1. The number of ether oxygens (including phenoxy) is 2. The number of aryl methyl sites for hydroxylation is 1. The Morgan fingerprint density at radius 1 is 1.12 bits per heavy atom. The maximum atomic E-state index is 12.5. The molecule has 0 saturated carbocycles. The van der Waals surface area contributed by atoms with Crippen molar-refractivity contribution in [1.29, 1.82) is 0 Å². The van der Waals surface area contributed by atoms with E-state index in [1.165, 1.54) is 7.05 Å². The summed E-state index contributed by atoms with van der Waals surface area (Å²) in [5.74, 6) is -1.01. The predicted octanol–water partition coefficient (Wildman–Crippen LogP) is 3.36. The Kier molecular flexibility index (Phi) is 5.21. The molecule has 3 rings (SSSR count). The summed E-state index contributed by atoms with van der Waals surface area (Å²) in [6.07, 6.45) is 0.834.